The van der Waals surface area contributed by atoms with Crippen molar-refractivity contribution in [1.29, 1.82) is 0 Å². The van der Waals surface area contributed by atoms with Crippen molar-refractivity contribution in [2.24, 2.45) is 4.99 Å². The largest absolute Gasteiger partial charge is 0.504 e. The second-order valence-electron chi connectivity index (χ2n) is 6.21. The Bertz CT molecular complexity index is 759. The predicted octanol–water partition coefficient (Wildman–Crippen LogP) is 4.70. The molecule has 0 saturated heterocycles. The van der Waals surface area contributed by atoms with Crippen molar-refractivity contribution in [3.05, 3.63) is 58.6 Å². The van der Waals surface area contributed by atoms with Crippen LogP contribution in [0.3, 0.4) is 0 Å². The monoisotopic (exact) mass is 358 g/mol. The molecule has 0 saturated carbocycles. The number of nitrogens with zero attached hydrogens (tertiary/aromatic N) is 1. The van der Waals surface area contributed by atoms with Crippen LogP contribution in [0.4, 0.5) is 0 Å². The molecule has 4 nitrogen and oxygen atoms in total. The average Bonchev–Trinajstić information content (AvgIpc) is 2.62. The average molecular weight is 359 g/mol. The minimum Gasteiger partial charge on any atom is -0.504 e. The topological polar surface area (TPSA) is 53.9 Å². The molecule has 1 aliphatic heterocycles. The zero-order chi connectivity index (χ0) is 17.8. The van der Waals surface area contributed by atoms with Crippen LogP contribution in [0, 0.1) is 0 Å². The lowest BCUT2D eigenvalue weighted by atomic mass is 9.94. The van der Waals surface area contributed by atoms with E-state index in [-0.39, 0.29) is 18.0 Å². The standard InChI is InChI=1S/C20H23ClN2O2/c1-3-5-19-22-16(13-8-10-14(21)11-9-13)12-17(23-19)15-6-4-7-18(25-2)20(15)24/h4,6-11,17,19,23-24H,3,5,12H2,1-2H3/t17-,19+/m1/s1. The first-order valence-corrected chi connectivity index (χ1v) is 8.94. The minimum atomic E-state index is -0.0187. The van der Waals surface area contributed by atoms with Gasteiger partial charge in [-0.3, -0.25) is 10.3 Å². The molecule has 0 aliphatic carbocycles. The van der Waals surface area contributed by atoms with Crippen LogP contribution in [0.2, 0.25) is 5.02 Å². The smallest absolute Gasteiger partial charge is 0.162 e. The summed E-state index contributed by atoms with van der Waals surface area (Å²) in [5, 5.41) is 14.8. The summed E-state index contributed by atoms with van der Waals surface area (Å²) >= 11 is 6.01. The number of methoxy groups -OCH3 is 1. The van der Waals surface area contributed by atoms with Crippen molar-refractivity contribution in [3.63, 3.8) is 0 Å². The molecule has 132 valence electrons. The van der Waals surface area contributed by atoms with Crippen LogP contribution < -0.4 is 10.1 Å². The number of aliphatic imine (C=N–C) groups is 1. The molecule has 0 amide bonds. The van der Waals surface area contributed by atoms with Gasteiger partial charge in [0.2, 0.25) is 0 Å². The van der Waals surface area contributed by atoms with Gasteiger partial charge in [0.25, 0.3) is 0 Å². The molecule has 2 aromatic rings. The number of aromatic hydroxyl groups is 1. The summed E-state index contributed by atoms with van der Waals surface area (Å²) in [4.78, 5) is 4.87. The number of benzene rings is 2. The van der Waals surface area contributed by atoms with Gasteiger partial charge in [-0.2, -0.15) is 0 Å². The summed E-state index contributed by atoms with van der Waals surface area (Å²) in [6.45, 7) is 2.14. The first-order chi connectivity index (χ1) is 12.1. The van der Waals surface area contributed by atoms with E-state index in [1.54, 1.807) is 13.2 Å². The summed E-state index contributed by atoms with van der Waals surface area (Å²) in [5.41, 5.74) is 2.93. The summed E-state index contributed by atoms with van der Waals surface area (Å²) in [7, 11) is 1.56. The zero-order valence-electron chi connectivity index (χ0n) is 14.5. The molecule has 2 aromatic carbocycles. The third kappa shape index (κ3) is 3.97. The number of phenols is 1. The molecule has 0 fully saturated rings. The maximum absolute atomic E-state index is 10.5. The van der Waals surface area contributed by atoms with E-state index in [4.69, 9.17) is 21.3 Å². The van der Waals surface area contributed by atoms with Gasteiger partial charge in [-0.25, -0.2) is 0 Å². The van der Waals surface area contributed by atoms with Crippen LogP contribution >= 0.6 is 11.6 Å². The van der Waals surface area contributed by atoms with Crippen LogP contribution in [0.25, 0.3) is 0 Å². The van der Waals surface area contributed by atoms with Crippen molar-refractivity contribution in [2.75, 3.05) is 7.11 Å². The Labute approximate surface area is 153 Å². The highest BCUT2D eigenvalue weighted by molar-refractivity contribution is 6.30. The van der Waals surface area contributed by atoms with Crippen LogP contribution in [-0.4, -0.2) is 24.1 Å². The highest BCUT2D eigenvalue weighted by Crippen LogP contribution is 2.37. The molecule has 0 aromatic heterocycles. The van der Waals surface area contributed by atoms with Crippen molar-refractivity contribution in [1.82, 2.24) is 5.32 Å². The molecule has 25 heavy (non-hydrogen) atoms. The molecular formula is C20H23ClN2O2. The Morgan fingerprint density at radius 3 is 2.68 bits per heavy atom. The summed E-state index contributed by atoms with van der Waals surface area (Å²) < 4.78 is 5.25. The lowest BCUT2D eigenvalue weighted by Crippen LogP contribution is -2.38. The third-order valence-electron chi connectivity index (χ3n) is 4.47. The lowest BCUT2D eigenvalue weighted by Gasteiger charge is -2.30. The number of hydrogen-bond acceptors (Lipinski definition) is 4. The van der Waals surface area contributed by atoms with Gasteiger partial charge >= 0.3 is 0 Å². The SMILES string of the molecule is CCC[C@H]1N=C(c2ccc(Cl)cc2)C[C@H](c2cccc(OC)c2O)N1. The molecule has 0 radical (unpaired) electrons. The van der Waals surface area contributed by atoms with Crippen molar-refractivity contribution >= 4 is 17.3 Å². The van der Waals surface area contributed by atoms with Gasteiger partial charge in [-0.1, -0.05) is 49.2 Å². The van der Waals surface area contributed by atoms with E-state index in [1.165, 1.54) is 0 Å². The van der Waals surface area contributed by atoms with E-state index in [1.807, 2.05) is 36.4 Å². The number of phenolic OH excluding ortho intramolecular Hbond substituents is 1. The normalized spacial score (nSPS) is 20.2. The number of ether oxygens (including phenoxy) is 1. The van der Waals surface area contributed by atoms with Crippen molar-refractivity contribution < 1.29 is 9.84 Å². The molecule has 1 heterocycles. The quantitative estimate of drug-likeness (QED) is 0.814. The first-order valence-electron chi connectivity index (χ1n) is 8.57. The van der Waals surface area contributed by atoms with Crippen LogP contribution in [0.15, 0.2) is 47.5 Å². The molecule has 0 unspecified atom stereocenters. The fourth-order valence-corrected chi connectivity index (χ4v) is 3.33. The van der Waals surface area contributed by atoms with Gasteiger partial charge in [0.05, 0.1) is 7.11 Å². The molecule has 2 atom stereocenters. The predicted molar refractivity (Wildman–Crippen MR) is 102 cm³/mol. The Balaban J connectivity index is 1.94. The van der Waals surface area contributed by atoms with Gasteiger partial charge in [-0.05, 0) is 30.2 Å². The maximum Gasteiger partial charge on any atom is 0.162 e. The van der Waals surface area contributed by atoms with Crippen LogP contribution in [0.1, 0.15) is 43.4 Å². The zero-order valence-corrected chi connectivity index (χ0v) is 15.3. The Morgan fingerprint density at radius 2 is 2.00 bits per heavy atom. The van der Waals surface area contributed by atoms with Gasteiger partial charge < -0.3 is 9.84 Å². The minimum absolute atomic E-state index is 0.0187. The van der Waals surface area contributed by atoms with Gasteiger partial charge in [0, 0.05) is 28.8 Å². The van der Waals surface area contributed by atoms with E-state index in [9.17, 15) is 5.11 Å². The Hall–Kier alpha value is -2.04. The highest BCUT2D eigenvalue weighted by atomic mass is 35.5. The number of halogens is 1. The van der Waals surface area contributed by atoms with Crippen LogP contribution in [0.5, 0.6) is 11.5 Å². The number of hydrogen-bond donors (Lipinski definition) is 2. The van der Waals surface area contributed by atoms with E-state index in [0.717, 1.165) is 29.7 Å². The summed E-state index contributed by atoms with van der Waals surface area (Å²) in [6.07, 6.45) is 2.70. The van der Waals surface area contributed by atoms with E-state index in [2.05, 4.69) is 12.2 Å². The molecule has 1 aliphatic rings. The van der Waals surface area contributed by atoms with Crippen LogP contribution in [-0.2, 0) is 0 Å². The Morgan fingerprint density at radius 1 is 1.24 bits per heavy atom. The first kappa shape index (κ1) is 17.8. The maximum atomic E-state index is 10.5. The molecule has 2 N–H and O–H groups in total. The molecule has 3 rings (SSSR count). The summed E-state index contributed by atoms with van der Waals surface area (Å²) in [6, 6.07) is 13.3. The van der Waals surface area contributed by atoms with E-state index >= 15 is 0 Å². The summed E-state index contributed by atoms with van der Waals surface area (Å²) in [5.74, 6) is 0.678. The van der Waals surface area contributed by atoms with Crippen molar-refractivity contribution in [3.8, 4) is 11.5 Å². The van der Waals surface area contributed by atoms with E-state index < -0.39 is 0 Å². The second-order valence-corrected chi connectivity index (χ2v) is 6.65. The van der Waals surface area contributed by atoms with E-state index in [0.29, 0.717) is 17.2 Å². The fraction of sp³-hybridized carbons (Fsp3) is 0.350. The van der Waals surface area contributed by atoms with Gasteiger partial charge in [0.1, 0.15) is 6.17 Å². The number of nitrogens with one attached hydrogen (secondary N) is 1. The third-order valence-corrected chi connectivity index (χ3v) is 4.72. The second kappa shape index (κ2) is 7.89. The van der Waals surface area contributed by atoms with Crippen molar-refractivity contribution in [2.45, 2.75) is 38.4 Å². The molecule has 5 heteroatoms. The molecule has 0 bridgehead atoms. The number of para-hydroxylation sites is 1. The molecular weight excluding hydrogens is 336 g/mol. The lowest BCUT2D eigenvalue weighted by molar-refractivity contribution is 0.356. The number of rotatable bonds is 5. The fourth-order valence-electron chi connectivity index (χ4n) is 3.20. The molecule has 0 spiro atoms. The Kier molecular flexibility index (Phi) is 5.61. The highest BCUT2D eigenvalue weighted by Gasteiger charge is 2.27. The van der Waals surface area contributed by atoms with Gasteiger partial charge in [0.15, 0.2) is 11.5 Å². The van der Waals surface area contributed by atoms with Gasteiger partial charge in [-0.15, -0.1) is 0 Å².